The Morgan fingerprint density at radius 1 is 0.774 bits per heavy atom. The van der Waals surface area contributed by atoms with E-state index >= 15 is 0 Å². The van der Waals surface area contributed by atoms with Crippen molar-refractivity contribution in [3.63, 3.8) is 0 Å². The molecular formula is C23H28O6S2. The van der Waals surface area contributed by atoms with E-state index in [0.717, 1.165) is 30.4 Å². The minimum atomic E-state index is -3.87. The van der Waals surface area contributed by atoms with Crippen molar-refractivity contribution in [2.75, 3.05) is 6.61 Å². The summed E-state index contributed by atoms with van der Waals surface area (Å²) in [6.07, 6.45) is 2.89. The normalized spacial score (nSPS) is 26.1. The maximum atomic E-state index is 12.8. The third kappa shape index (κ3) is 5.03. The monoisotopic (exact) mass is 464 g/mol. The summed E-state index contributed by atoms with van der Waals surface area (Å²) >= 11 is 0. The first-order chi connectivity index (χ1) is 14.6. The third-order valence-corrected chi connectivity index (χ3v) is 9.15. The van der Waals surface area contributed by atoms with Gasteiger partial charge in [0.05, 0.1) is 22.5 Å². The van der Waals surface area contributed by atoms with Crippen molar-refractivity contribution in [3.8, 4) is 0 Å². The molecule has 2 bridgehead atoms. The average molecular weight is 465 g/mol. The van der Waals surface area contributed by atoms with Crippen LogP contribution in [0.3, 0.4) is 0 Å². The topological polar surface area (TPSA) is 86.7 Å². The zero-order valence-corrected chi connectivity index (χ0v) is 19.4. The van der Waals surface area contributed by atoms with E-state index in [9.17, 15) is 16.8 Å². The number of benzene rings is 2. The molecule has 0 amide bonds. The van der Waals surface area contributed by atoms with Crippen LogP contribution < -0.4 is 0 Å². The lowest BCUT2D eigenvalue weighted by atomic mass is 9.63. The highest BCUT2D eigenvalue weighted by Gasteiger charge is 2.45. The van der Waals surface area contributed by atoms with Gasteiger partial charge in [0.1, 0.15) is 0 Å². The first-order valence-corrected chi connectivity index (χ1v) is 13.4. The minimum Gasteiger partial charge on any atom is -0.266 e. The van der Waals surface area contributed by atoms with Gasteiger partial charge in [0.25, 0.3) is 20.2 Å². The molecule has 4 atom stereocenters. The van der Waals surface area contributed by atoms with E-state index in [1.165, 1.54) is 12.1 Å². The van der Waals surface area contributed by atoms with Crippen LogP contribution in [0.4, 0.5) is 0 Å². The summed E-state index contributed by atoms with van der Waals surface area (Å²) in [6.45, 7) is 3.83. The second-order valence-electron chi connectivity index (χ2n) is 8.79. The molecule has 0 radical (unpaired) electrons. The quantitative estimate of drug-likeness (QED) is 0.570. The second-order valence-corrected chi connectivity index (χ2v) is 12.0. The number of hydrogen-bond acceptors (Lipinski definition) is 6. The number of fused-ring (bicyclic) bond motifs is 3. The Kier molecular flexibility index (Phi) is 6.27. The molecule has 0 heterocycles. The molecule has 3 aliphatic rings. The van der Waals surface area contributed by atoms with Gasteiger partial charge < -0.3 is 0 Å². The molecule has 0 unspecified atom stereocenters. The highest BCUT2D eigenvalue weighted by atomic mass is 32.2. The lowest BCUT2D eigenvalue weighted by Gasteiger charge is -2.46. The zero-order chi connectivity index (χ0) is 22.2. The second kappa shape index (κ2) is 8.65. The van der Waals surface area contributed by atoms with Gasteiger partial charge >= 0.3 is 0 Å². The van der Waals surface area contributed by atoms with Crippen LogP contribution in [-0.4, -0.2) is 29.5 Å². The van der Waals surface area contributed by atoms with Crippen LogP contribution in [0.25, 0.3) is 0 Å². The summed E-state index contributed by atoms with van der Waals surface area (Å²) in [5.41, 5.74) is 1.95. The molecule has 3 aliphatic carbocycles. The van der Waals surface area contributed by atoms with Crippen LogP contribution in [0, 0.1) is 31.6 Å². The number of aryl methyl sites for hydroxylation is 2. The van der Waals surface area contributed by atoms with Gasteiger partial charge in [-0.1, -0.05) is 35.4 Å². The minimum absolute atomic E-state index is 0.0431. The summed E-state index contributed by atoms with van der Waals surface area (Å²) in [6, 6.07) is 13.2. The first-order valence-electron chi connectivity index (χ1n) is 10.6. The van der Waals surface area contributed by atoms with Crippen LogP contribution in [0.1, 0.15) is 36.8 Å². The fourth-order valence-corrected chi connectivity index (χ4v) is 6.85. The molecule has 5 rings (SSSR count). The van der Waals surface area contributed by atoms with Crippen LogP contribution in [0.15, 0.2) is 58.3 Å². The van der Waals surface area contributed by atoms with Crippen molar-refractivity contribution >= 4 is 20.2 Å². The SMILES string of the molecule is Cc1ccc(S(=O)(=O)OC[C@@H]2C[C@@H]3CC[C@H]2[C@H](OS(=O)(=O)c2ccc(C)cc2)C3)cc1. The van der Waals surface area contributed by atoms with Gasteiger partial charge in [0, 0.05) is 0 Å². The molecule has 0 spiro atoms. The molecular weight excluding hydrogens is 436 g/mol. The highest BCUT2D eigenvalue weighted by Crippen LogP contribution is 2.47. The van der Waals surface area contributed by atoms with Crippen molar-refractivity contribution in [1.29, 1.82) is 0 Å². The summed E-state index contributed by atoms with van der Waals surface area (Å²) in [7, 11) is -7.72. The molecule has 0 aromatic heterocycles. The maximum Gasteiger partial charge on any atom is 0.297 e. The van der Waals surface area contributed by atoms with Crippen LogP contribution >= 0.6 is 0 Å². The van der Waals surface area contributed by atoms with E-state index in [2.05, 4.69) is 0 Å². The Morgan fingerprint density at radius 3 is 1.87 bits per heavy atom. The molecule has 8 heteroatoms. The van der Waals surface area contributed by atoms with Gasteiger partial charge in [-0.3, -0.25) is 8.37 Å². The standard InChI is InChI=1S/C23H28O6S2/c1-16-3-8-20(9-4-16)30(24,25)28-15-19-13-18-7-12-22(19)23(14-18)29-31(26,27)21-10-5-17(2)6-11-21/h3-6,8-11,18-19,22-23H,7,12-15H2,1-2H3/t18-,19-,22+,23+/m0/s1. The van der Waals surface area contributed by atoms with Crippen LogP contribution in [0.5, 0.6) is 0 Å². The van der Waals surface area contributed by atoms with Crippen molar-refractivity contribution in [2.45, 2.75) is 55.4 Å². The fourth-order valence-electron chi connectivity index (χ4n) is 4.77. The van der Waals surface area contributed by atoms with Gasteiger partial charge in [0.15, 0.2) is 0 Å². The lowest BCUT2D eigenvalue weighted by Crippen LogP contribution is -2.45. The molecule has 168 valence electrons. The average Bonchev–Trinajstić information content (AvgIpc) is 2.73. The van der Waals surface area contributed by atoms with E-state index in [-0.39, 0.29) is 28.2 Å². The molecule has 6 nitrogen and oxygen atoms in total. The van der Waals surface area contributed by atoms with E-state index < -0.39 is 26.3 Å². The molecule has 0 aliphatic heterocycles. The number of hydrogen-bond donors (Lipinski definition) is 0. The van der Waals surface area contributed by atoms with Crippen molar-refractivity contribution in [3.05, 3.63) is 59.7 Å². The van der Waals surface area contributed by atoms with Crippen molar-refractivity contribution < 1.29 is 25.2 Å². The summed E-state index contributed by atoms with van der Waals surface area (Å²) < 4.78 is 61.7. The van der Waals surface area contributed by atoms with E-state index in [1.54, 1.807) is 36.4 Å². The lowest BCUT2D eigenvalue weighted by molar-refractivity contribution is -0.0321. The van der Waals surface area contributed by atoms with Crippen LogP contribution in [0.2, 0.25) is 0 Å². The Bertz CT molecular complexity index is 1120. The maximum absolute atomic E-state index is 12.8. The first kappa shape index (κ1) is 22.5. The van der Waals surface area contributed by atoms with Crippen molar-refractivity contribution in [2.24, 2.45) is 17.8 Å². The van der Waals surface area contributed by atoms with E-state index in [1.807, 2.05) is 13.8 Å². The summed E-state index contributed by atoms with van der Waals surface area (Å²) in [4.78, 5) is 0.281. The Balaban J connectivity index is 1.45. The van der Waals surface area contributed by atoms with Crippen LogP contribution in [-0.2, 0) is 28.6 Å². The van der Waals surface area contributed by atoms with Crippen molar-refractivity contribution in [1.82, 2.24) is 0 Å². The predicted octanol–water partition coefficient (Wildman–Crippen LogP) is 4.22. The number of rotatable bonds is 7. The molecule has 3 saturated carbocycles. The molecule has 0 N–H and O–H groups in total. The van der Waals surface area contributed by atoms with Gasteiger partial charge in [-0.05, 0) is 81.5 Å². The highest BCUT2D eigenvalue weighted by molar-refractivity contribution is 7.87. The molecule has 0 saturated heterocycles. The van der Waals surface area contributed by atoms with Gasteiger partial charge in [-0.15, -0.1) is 0 Å². The third-order valence-electron chi connectivity index (χ3n) is 6.50. The smallest absolute Gasteiger partial charge is 0.266 e. The fraction of sp³-hybridized carbons (Fsp3) is 0.478. The molecule has 2 aromatic rings. The Labute approximate surface area is 184 Å². The largest absolute Gasteiger partial charge is 0.297 e. The van der Waals surface area contributed by atoms with Gasteiger partial charge in [-0.2, -0.15) is 16.8 Å². The van der Waals surface area contributed by atoms with E-state index in [4.69, 9.17) is 8.37 Å². The molecule has 2 aromatic carbocycles. The summed E-state index contributed by atoms with van der Waals surface area (Å²) in [5.74, 6) is 0.225. The van der Waals surface area contributed by atoms with E-state index in [0.29, 0.717) is 12.3 Å². The predicted molar refractivity (Wildman–Crippen MR) is 116 cm³/mol. The molecule has 31 heavy (non-hydrogen) atoms. The molecule has 3 fully saturated rings. The Hall–Kier alpha value is -1.74. The van der Waals surface area contributed by atoms with Gasteiger partial charge in [0.2, 0.25) is 0 Å². The zero-order valence-electron chi connectivity index (χ0n) is 17.7. The Morgan fingerprint density at radius 2 is 1.32 bits per heavy atom. The van der Waals surface area contributed by atoms with Gasteiger partial charge in [-0.25, -0.2) is 0 Å². The summed E-state index contributed by atoms with van der Waals surface area (Å²) in [5, 5.41) is 0.